The van der Waals surface area contributed by atoms with E-state index in [9.17, 15) is 14.7 Å². The number of nitrogens with zero attached hydrogens (tertiary/aromatic N) is 2. The molecule has 1 atom stereocenters. The molecular formula is C24H16Cl2N2O5. The standard InChI is InChI=1S/C24H16Cl2N2O5/c25-16-5-3-14(8-17(16)26)21-20(22(29)15-4-6-18-19(9-15)33-12-32-18)23(30)24(31)28(21)11-13-2-1-7-27-10-13/h1-10,21,29H,11-12H2/t21-/m1/s1. The number of aliphatic hydroxyl groups is 1. The lowest BCUT2D eigenvalue weighted by Gasteiger charge is -2.25. The maximum Gasteiger partial charge on any atom is 0.295 e. The molecule has 0 unspecified atom stereocenters. The molecule has 1 aromatic heterocycles. The van der Waals surface area contributed by atoms with Gasteiger partial charge in [0.05, 0.1) is 21.7 Å². The van der Waals surface area contributed by atoms with Gasteiger partial charge in [-0.25, -0.2) is 0 Å². The third-order valence-electron chi connectivity index (χ3n) is 5.52. The summed E-state index contributed by atoms with van der Waals surface area (Å²) in [4.78, 5) is 31.7. The minimum absolute atomic E-state index is 0.0545. The van der Waals surface area contributed by atoms with Crippen LogP contribution in [0.15, 0.2) is 66.5 Å². The van der Waals surface area contributed by atoms with Gasteiger partial charge in [-0.15, -0.1) is 0 Å². The zero-order valence-corrected chi connectivity index (χ0v) is 18.5. The number of aliphatic hydroxyl groups excluding tert-OH is 1. The van der Waals surface area contributed by atoms with Gasteiger partial charge >= 0.3 is 0 Å². The summed E-state index contributed by atoms with van der Waals surface area (Å²) in [5.41, 5.74) is 1.53. The second-order valence-corrected chi connectivity index (χ2v) is 8.34. The summed E-state index contributed by atoms with van der Waals surface area (Å²) in [6.45, 7) is 0.180. The number of ether oxygens (including phenoxy) is 2. The second-order valence-electron chi connectivity index (χ2n) is 7.53. The molecule has 2 aliphatic rings. The Kier molecular flexibility index (Phi) is 5.44. The van der Waals surface area contributed by atoms with Crippen molar-refractivity contribution in [3.8, 4) is 11.5 Å². The van der Waals surface area contributed by atoms with Gasteiger partial charge in [0, 0.05) is 24.5 Å². The van der Waals surface area contributed by atoms with Crippen molar-refractivity contribution < 1.29 is 24.2 Å². The highest BCUT2D eigenvalue weighted by Gasteiger charge is 2.46. The number of halogens is 2. The molecular weight excluding hydrogens is 467 g/mol. The Morgan fingerprint density at radius 1 is 1.06 bits per heavy atom. The van der Waals surface area contributed by atoms with E-state index in [1.807, 2.05) is 0 Å². The lowest BCUT2D eigenvalue weighted by molar-refractivity contribution is -0.140. The molecule has 9 heteroatoms. The molecule has 5 rings (SSSR count). The molecule has 2 aliphatic heterocycles. The number of aromatic nitrogens is 1. The molecule has 33 heavy (non-hydrogen) atoms. The van der Waals surface area contributed by atoms with Gasteiger partial charge in [-0.05, 0) is 47.5 Å². The summed E-state index contributed by atoms with van der Waals surface area (Å²) in [6, 6.07) is 12.3. The van der Waals surface area contributed by atoms with Crippen LogP contribution in [0.2, 0.25) is 10.0 Å². The van der Waals surface area contributed by atoms with Crippen LogP contribution in [-0.2, 0) is 16.1 Å². The predicted molar refractivity (Wildman–Crippen MR) is 121 cm³/mol. The summed E-state index contributed by atoms with van der Waals surface area (Å²) < 4.78 is 10.7. The number of likely N-dealkylation sites (tertiary alicyclic amines) is 1. The van der Waals surface area contributed by atoms with Crippen molar-refractivity contribution in [1.29, 1.82) is 0 Å². The van der Waals surface area contributed by atoms with Crippen molar-refractivity contribution in [1.82, 2.24) is 9.88 Å². The molecule has 7 nitrogen and oxygen atoms in total. The quantitative estimate of drug-likeness (QED) is 0.328. The van der Waals surface area contributed by atoms with Crippen molar-refractivity contribution >= 4 is 40.7 Å². The molecule has 1 saturated heterocycles. The van der Waals surface area contributed by atoms with Gasteiger partial charge in [0.1, 0.15) is 5.76 Å². The van der Waals surface area contributed by atoms with Crippen LogP contribution < -0.4 is 9.47 Å². The Hall–Kier alpha value is -3.55. The summed E-state index contributed by atoms with van der Waals surface area (Å²) in [5, 5.41) is 11.8. The number of rotatable bonds is 4. The van der Waals surface area contributed by atoms with Gasteiger partial charge < -0.3 is 19.5 Å². The Morgan fingerprint density at radius 3 is 2.64 bits per heavy atom. The average Bonchev–Trinajstić information content (AvgIpc) is 3.39. The van der Waals surface area contributed by atoms with Gasteiger partial charge in [0.2, 0.25) is 6.79 Å². The van der Waals surface area contributed by atoms with E-state index < -0.39 is 17.7 Å². The summed E-state index contributed by atoms with van der Waals surface area (Å²) in [5.74, 6) is -0.891. The summed E-state index contributed by atoms with van der Waals surface area (Å²) in [7, 11) is 0. The smallest absolute Gasteiger partial charge is 0.295 e. The first-order valence-corrected chi connectivity index (χ1v) is 10.7. The maximum absolute atomic E-state index is 13.2. The van der Waals surface area contributed by atoms with Crippen molar-refractivity contribution in [2.45, 2.75) is 12.6 Å². The monoisotopic (exact) mass is 482 g/mol. The third-order valence-corrected chi connectivity index (χ3v) is 6.26. The molecule has 0 radical (unpaired) electrons. The predicted octanol–water partition coefficient (Wildman–Crippen LogP) is 4.74. The van der Waals surface area contributed by atoms with Crippen molar-refractivity contribution in [2.24, 2.45) is 0 Å². The fourth-order valence-electron chi connectivity index (χ4n) is 3.96. The van der Waals surface area contributed by atoms with Crippen molar-refractivity contribution in [3.63, 3.8) is 0 Å². The Labute approximate surface area is 198 Å². The normalized spacial score (nSPS) is 18.7. The second kappa shape index (κ2) is 8.42. The summed E-state index contributed by atoms with van der Waals surface area (Å²) >= 11 is 12.3. The summed E-state index contributed by atoms with van der Waals surface area (Å²) in [6.07, 6.45) is 3.23. The van der Waals surface area contributed by atoms with Crippen LogP contribution in [0.1, 0.15) is 22.7 Å². The van der Waals surface area contributed by atoms with Crippen molar-refractivity contribution in [3.05, 3.63) is 93.2 Å². The lowest BCUT2D eigenvalue weighted by Crippen LogP contribution is -2.29. The number of hydrogen-bond acceptors (Lipinski definition) is 6. The number of amides is 1. The number of carbonyl (C=O) groups is 2. The fraction of sp³-hybridized carbons (Fsp3) is 0.125. The topological polar surface area (TPSA) is 89.0 Å². The Morgan fingerprint density at radius 2 is 1.88 bits per heavy atom. The van der Waals surface area contributed by atoms with Crippen LogP contribution in [-0.4, -0.2) is 33.5 Å². The van der Waals surface area contributed by atoms with Crippen LogP contribution in [0.25, 0.3) is 5.76 Å². The number of pyridine rings is 1. The minimum atomic E-state index is -0.884. The number of Topliss-reactive ketones (excluding diaryl/α,β-unsaturated/α-hetero) is 1. The SMILES string of the molecule is O=C1C(=O)N(Cc2cccnc2)[C@H](c2ccc(Cl)c(Cl)c2)C1=C(O)c1ccc2c(c1)OCO2. The fourth-order valence-corrected chi connectivity index (χ4v) is 4.27. The first-order chi connectivity index (χ1) is 15.9. The molecule has 0 bridgehead atoms. The zero-order valence-electron chi connectivity index (χ0n) is 17.0. The highest BCUT2D eigenvalue weighted by Crippen LogP contribution is 2.43. The number of hydrogen-bond donors (Lipinski definition) is 1. The van der Waals surface area contributed by atoms with E-state index in [-0.39, 0.29) is 29.7 Å². The van der Waals surface area contributed by atoms with Crippen LogP contribution in [0, 0.1) is 0 Å². The largest absolute Gasteiger partial charge is 0.507 e. The third kappa shape index (κ3) is 3.79. The number of benzene rings is 2. The lowest BCUT2D eigenvalue weighted by atomic mass is 9.95. The molecule has 3 heterocycles. The molecule has 0 saturated carbocycles. The average molecular weight is 483 g/mol. The van der Waals surface area contributed by atoms with Gasteiger partial charge in [-0.1, -0.05) is 35.3 Å². The first kappa shape index (κ1) is 21.3. The van der Waals surface area contributed by atoms with E-state index in [1.165, 1.54) is 4.90 Å². The van der Waals surface area contributed by atoms with E-state index in [1.54, 1.807) is 60.9 Å². The van der Waals surface area contributed by atoms with Crippen LogP contribution in [0.5, 0.6) is 11.5 Å². The first-order valence-electron chi connectivity index (χ1n) is 9.96. The molecule has 0 aliphatic carbocycles. The van der Waals surface area contributed by atoms with E-state index in [4.69, 9.17) is 32.7 Å². The van der Waals surface area contributed by atoms with Gasteiger partial charge in [0.15, 0.2) is 11.5 Å². The molecule has 0 spiro atoms. The van der Waals surface area contributed by atoms with E-state index in [0.717, 1.165) is 5.56 Å². The minimum Gasteiger partial charge on any atom is -0.507 e. The van der Waals surface area contributed by atoms with Crippen LogP contribution >= 0.6 is 23.2 Å². The molecule has 166 valence electrons. The van der Waals surface area contributed by atoms with Gasteiger partial charge in [-0.2, -0.15) is 0 Å². The van der Waals surface area contributed by atoms with E-state index >= 15 is 0 Å². The molecule has 1 fully saturated rings. The van der Waals surface area contributed by atoms with E-state index in [2.05, 4.69) is 4.98 Å². The number of fused-ring (bicyclic) bond motifs is 1. The highest BCUT2D eigenvalue weighted by molar-refractivity contribution is 6.46. The maximum atomic E-state index is 13.2. The number of ketones is 1. The molecule has 1 amide bonds. The van der Waals surface area contributed by atoms with Gasteiger partial charge in [0.25, 0.3) is 11.7 Å². The van der Waals surface area contributed by atoms with E-state index in [0.29, 0.717) is 27.6 Å². The molecule has 2 aromatic carbocycles. The van der Waals surface area contributed by atoms with Crippen LogP contribution in [0.4, 0.5) is 0 Å². The molecule has 3 aromatic rings. The Balaban J connectivity index is 1.66. The van der Waals surface area contributed by atoms with Gasteiger partial charge in [-0.3, -0.25) is 14.6 Å². The van der Waals surface area contributed by atoms with Crippen LogP contribution in [0.3, 0.4) is 0 Å². The van der Waals surface area contributed by atoms with Crippen molar-refractivity contribution in [2.75, 3.05) is 6.79 Å². The molecule has 1 N–H and O–H groups in total. The Bertz CT molecular complexity index is 1310. The number of carbonyl (C=O) groups excluding carboxylic acids is 2. The zero-order chi connectivity index (χ0) is 23.1. The highest BCUT2D eigenvalue weighted by atomic mass is 35.5.